The van der Waals surface area contributed by atoms with Crippen LogP contribution in [0.4, 0.5) is 4.79 Å². The largest absolute Gasteiger partial charge is 0.465 e. The summed E-state index contributed by atoms with van der Waals surface area (Å²) in [6.45, 7) is 3.79. The minimum absolute atomic E-state index is 0.304. The summed E-state index contributed by atoms with van der Waals surface area (Å²) in [4.78, 5) is 20.1. The first-order chi connectivity index (χ1) is 10.4. The number of rotatable bonds is 2. The minimum atomic E-state index is -1.01. The molecule has 0 saturated carbocycles. The Kier molecular flexibility index (Phi) is 3.58. The SMILES string of the molecule is CC1(C)OCC(c2ccc(Cl)c(-c3ncc[nH]3)c2)N1C(=O)O. The smallest absolute Gasteiger partial charge is 0.410 e. The van der Waals surface area contributed by atoms with Crippen molar-refractivity contribution in [2.45, 2.75) is 25.6 Å². The van der Waals surface area contributed by atoms with Crippen LogP contribution >= 0.6 is 11.6 Å². The molecular formula is C15H16ClN3O3. The summed E-state index contributed by atoms with van der Waals surface area (Å²) in [7, 11) is 0. The molecular weight excluding hydrogens is 306 g/mol. The molecule has 2 aromatic rings. The fourth-order valence-corrected chi connectivity index (χ4v) is 2.96. The quantitative estimate of drug-likeness (QED) is 0.887. The zero-order valence-corrected chi connectivity index (χ0v) is 13.0. The fourth-order valence-electron chi connectivity index (χ4n) is 2.76. The van der Waals surface area contributed by atoms with Gasteiger partial charge in [-0.25, -0.2) is 9.78 Å². The van der Waals surface area contributed by atoms with E-state index in [-0.39, 0.29) is 6.04 Å². The lowest BCUT2D eigenvalue weighted by Crippen LogP contribution is -2.44. The van der Waals surface area contributed by atoms with Gasteiger partial charge in [-0.15, -0.1) is 0 Å². The number of hydrogen-bond donors (Lipinski definition) is 2. The van der Waals surface area contributed by atoms with Gasteiger partial charge in [0.05, 0.1) is 17.7 Å². The highest BCUT2D eigenvalue weighted by Gasteiger charge is 2.44. The topological polar surface area (TPSA) is 78.5 Å². The molecule has 0 aliphatic carbocycles. The average Bonchev–Trinajstić information content (AvgIpc) is 3.06. The van der Waals surface area contributed by atoms with Crippen molar-refractivity contribution in [1.29, 1.82) is 0 Å². The number of nitrogens with one attached hydrogen (secondary N) is 1. The molecule has 7 heteroatoms. The van der Waals surface area contributed by atoms with E-state index < -0.39 is 11.8 Å². The maximum absolute atomic E-state index is 11.6. The van der Waals surface area contributed by atoms with E-state index in [1.54, 1.807) is 32.3 Å². The van der Waals surface area contributed by atoms with E-state index in [1.165, 1.54) is 4.90 Å². The second-order valence-electron chi connectivity index (χ2n) is 5.60. The Hall–Kier alpha value is -2.05. The van der Waals surface area contributed by atoms with Gasteiger partial charge in [-0.1, -0.05) is 17.7 Å². The molecule has 6 nitrogen and oxygen atoms in total. The van der Waals surface area contributed by atoms with Crippen LogP contribution in [0.15, 0.2) is 30.6 Å². The molecule has 1 unspecified atom stereocenters. The highest BCUT2D eigenvalue weighted by atomic mass is 35.5. The number of hydrogen-bond acceptors (Lipinski definition) is 3. The van der Waals surface area contributed by atoms with Gasteiger partial charge >= 0.3 is 6.09 Å². The first kappa shape index (κ1) is 14.9. The van der Waals surface area contributed by atoms with E-state index >= 15 is 0 Å². The molecule has 3 rings (SSSR count). The van der Waals surface area contributed by atoms with Gasteiger partial charge in [0.1, 0.15) is 11.5 Å². The number of benzene rings is 1. The second-order valence-corrected chi connectivity index (χ2v) is 6.01. The molecule has 2 N–H and O–H groups in total. The van der Waals surface area contributed by atoms with Gasteiger partial charge in [0.15, 0.2) is 0 Å². The molecule has 22 heavy (non-hydrogen) atoms. The molecule has 0 bridgehead atoms. The van der Waals surface area contributed by atoms with Crippen molar-refractivity contribution >= 4 is 17.7 Å². The number of ether oxygens (including phenoxy) is 1. The number of carbonyl (C=O) groups is 1. The lowest BCUT2D eigenvalue weighted by atomic mass is 10.0. The summed E-state index contributed by atoms with van der Waals surface area (Å²) in [6, 6.07) is 5.05. The molecule has 116 valence electrons. The average molecular weight is 322 g/mol. The first-order valence-electron chi connectivity index (χ1n) is 6.85. The molecule has 1 atom stereocenters. The van der Waals surface area contributed by atoms with Gasteiger partial charge in [0.25, 0.3) is 0 Å². The summed E-state index contributed by atoms with van der Waals surface area (Å²) >= 11 is 6.23. The molecule has 1 aromatic heterocycles. The van der Waals surface area contributed by atoms with E-state index in [9.17, 15) is 9.90 Å². The Balaban J connectivity index is 2.02. The number of aromatic nitrogens is 2. The molecule has 0 spiro atoms. The number of amides is 1. The van der Waals surface area contributed by atoms with Crippen LogP contribution in [0.3, 0.4) is 0 Å². The number of aromatic amines is 1. The van der Waals surface area contributed by atoms with Crippen LogP contribution in [0.2, 0.25) is 5.02 Å². The zero-order chi connectivity index (χ0) is 15.9. The number of imidazole rings is 1. The van der Waals surface area contributed by atoms with Crippen LogP contribution < -0.4 is 0 Å². The minimum Gasteiger partial charge on any atom is -0.465 e. The third kappa shape index (κ3) is 2.44. The highest BCUT2D eigenvalue weighted by Crippen LogP contribution is 2.38. The maximum Gasteiger partial charge on any atom is 0.410 e. The normalized spacial score (nSPS) is 20.3. The van der Waals surface area contributed by atoms with Crippen molar-refractivity contribution in [1.82, 2.24) is 14.9 Å². The molecule has 2 heterocycles. The number of nitrogens with zero attached hydrogens (tertiary/aromatic N) is 2. The molecule has 1 saturated heterocycles. The summed E-state index contributed by atoms with van der Waals surface area (Å²) < 4.78 is 5.63. The Morgan fingerprint density at radius 1 is 1.55 bits per heavy atom. The number of H-pyrrole nitrogens is 1. The predicted octanol–water partition coefficient (Wildman–Crippen LogP) is 3.52. The van der Waals surface area contributed by atoms with Gasteiger partial charge in [-0.3, -0.25) is 4.90 Å². The van der Waals surface area contributed by atoms with E-state index in [4.69, 9.17) is 16.3 Å². The third-order valence-electron chi connectivity index (χ3n) is 3.82. The van der Waals surface area contributed by atoms with Crippen molar-refractivity contribution in [2.24, 2.45) is 0 Å². The summed E-state index contributed by atoms with van der Waals surface area (Å²) in [5.41, 5.74) is 0.698. The van der Waals surface area contributed by atoms with E-state index in [2.05, 4.69) is 9.97 Å². The van der Waals surface area contributed by atoms with Crippen LogP contribution in [0.1, 0.15) is 25.5 Å². The lowest BCUT2D eigenvalue weighted by Gasteiger charge is -2.31. The molecule has 1 amide bonds. The van der Waals surface area contributed by atoms with E-state index in [0.29, 0.717) is 17.5 Å². The summed E-state index contributed by atoms with van der Waals surface area (Å²) in [5.74, 6) is 0.645. The third-order valence-corrected chi connectivity index (χ3v) is 4.15. The molecule has 1 aliphatic heterocycles. The monoisotopic (exact) mass is 321 g/mol. The molecule has 1 aromatic carbocycles. The Morgan fingerprint density at radius 3 is 2.95 bits per heavy atom. The van der Waals surface area contributed by atoms with Crippen molar-refractivity contribution < 1.29 is 14.6 Å². The van der Waals surface area contributed by atoms with Crippen LogP contribution in [-0.4, -0.2) is 38.4 Å². The lowest BCUT2D eigenvalue weighted by molar-refractivity contribution is -0.0420. The molecule has 1 aliphatic rings. The van der Waals surface area contributed by atoms with Crippen LogP contribution in [-0.2, 0) is 4.74 Å². The van der Waals surface area contributed by atoms with Gasteiger partial charge in [0, 0.05) is 18.0 Å². The maximum atomic E-state index is 11.6. The van der Waals surface area contributed by atoms with Gasteiger partial charge in [0.2, 0.25) is 0 Å². The van der Waals surface area contributed by atoms with Crippen LogP contribution in [0.5, 0.6) is 0 Å². The Labute approximate surface area is 132 Å². The fraction of sp³-hybridized carbons (Fsp3) is 0.333. The van der Waals surface area contributed by atoms with E-state index in [1.807, 2.05) is 12.1 Å². The van der Waals surface area contributed by atoms with Crippen LogP contribution in [0.25, 0.3) is 11.4 Å². The summed E-state index contributed by atoms with van der Waals surface area (Å²) in [5, 5.41) is 10.0. The zero-order valence-electron chi connectivity index (χ0n) is 12.2. The molecule has 0 radical (unpaired) electrons. The number of carboxylic acid groups (broad SMARTS) is 1. The van der Waals surface area contributed by atoms with Crippen molar-refractivity contribution in [3.63, 3.8) is 0 Å². The highest BCUT2D eigenvalue weighted by molar-refractivity contribution is 6.33. The predicted molar refractivity (Wildman–Crippen MR) is 81.7 cm³/mol. The summed E-state index contributed by atoms with van der Waals surface area (Å²) in [6.07, 6.45) is 2.34. The first-order valence-corrected chi connectivity index (χ1v) is 7.23. The van der Waals surface area contributed by atoms with Crippen molar-refractivity contribution in [3.05, 3.63) is 41.2 Å². The van der Waals surface area contributed by atoms with Gasteiger partial charge < -0.3 is 14.8 Å². The Bertz CT molecular complexity index is 700. The van der Waals surface area contributed by atoms with Crippen LogP contribution in [0, 0.1) is 0 Å². The standard InChI is InChI=1S/C15H16ClN3O3/c1-15(2)19(14(20)21)12(8-22-15)9-3-4-11(16)10(7-9)13-17-5-6-18-13/h3-7,12H,8H2,1-2H3,(H,17,18)(H,20,21). The van der Waals surface area contributed by atoms with E-state index in [0.717, 1.165) is 11.1 Å². The van der Waals surface area contributed by atoms with Gasteiger partial charge in [-0.05, 0) is 31.5 Å². The van der Waals surface area contributed by atoms with Crippen molar-refractivity contribution in [2.75, 3.05) is 6.61 Å². The molecule has 1 fully saturated rings. The second kappa shape index (κ2) is 5.30. The Morgan fingerprint density at radius 2 is 2.32 bits per heavy atom. The van der Waals surface area contributed by atoms with Gasteiger partial charge in [-0.2, -0.15) is 0 Å². The van der Waals surface area contributed by atoms with Crippen molar-refractivity contribution in [3.8, 4) is 11.4 Å². The number of halogens is 1.